The molecular formula is C26H30Cl2FN7. The first-order valence-electron chi connectivity index (χ1n) is 12.3. The quantitative estimate of drug-likeness (QED) is 0.468. The van der Waals surface area contributed by atoms with Crippen LogP contribution in [0.25, 0.3) is 0 Å². The van der Waals surface area contributed by atoms with Gasteiger partial charge in [-0.25, -0.2) is 19.3 Å². The monoisotopic (exact) mass is 529 g/mol. The number of halogens is 3. The second-order valence-corrected chi connectivity index (χ2v) is 10.3. The van der Waals surface area contributed by atoms with E-state index in [0.717, 1.165) is 57.1 Å². The van der Waals surface area contributed by atoms with Gasteiger partial charge in [-0.05, 0) is 57.1 Å². The average molecular weight is 530 g/mol. The molecule has 0 spiro atoms. The summed E-state index contributed by atoms with van der Waals surface area (Å²) in [4.78, 5) is 20.2. The first-order chi connectivity index (χ1) is 17.5. The molecule has 3 aromatic rings. The van der Waals surface area contributed by atoms with Gasteiger partial charge in [-0.2, -0.15) is 0 Å². The van der Waals surface area contributed by atoms with Gasteiger partial charge in [0.25, 0.3) is 0 Å². The van der Waals surface area contributed by atoms with Crippen LogP contribution in [0.15, 0.2) is 48.9 Å². The van der Waals surface area contributed by atoms with E-state index in [9.17, 15) is 4.39 Å². The highest BCUT2D eigenvalue weighted by Crippen LogP contribution is 2.30. The molecule has 2 saturated heterocycles. The molecule has 0 amide bonds. The van der Waals surface area contributed by atoms with Gasteiger partial charge in [0, 0.05) is 61.2 Å². The van der Waals surface area contributed by atoms with Gasteiger partial charge in [-0.1, -0.05) is 29.3 Å². The van der Waals surface area contributed by atoms with Crippen LogP contribution in [-0.4, -0.2) is 69.6 Å². The Morgan fingerprint density at radius 1 is 1.03 bits per heavy atom. The van der Waals surface area contributed by atoms with Gasteiger partial charge >= 0.3 is 0 Å². The third-order valence-corrected chi connectivity index (χ3v) is 7.57. The summed E-state index contributed by atoms with van der Waals surface area (Å²) in [6.07, 6.45) is 7.31. The van der Waals surface area contributed by atoms with E-state index in [0.29, 0.717) is 40.2 Å². The maximum absolute atomic E-state index is 14.2. The van der Waals surface area contributed by atoms with E-state index in [1.807, 2.05) is 6.07 Å². The van der Waals surface area contributed by atoms with E-state index in [4.69, 9.17) is 23.2 Å². The second kappa shape index (κ2) is 11.3. The highest BCUT2D eigenvalue weighted by Gasteiger charge is 2.32. The minimum absolute atomic E-state index is 0.223. The Labute approximate surface area is 221 Å². The molecule has 2 fully saturated rings. The van der Waals surface area contributed by atoms with Crippen molar-refractivity contribution >= 4 is 40.7 Å². The lowest BCUT2D eigenvalue weighted by molar-refractivity contribution is 0.0687. The molecule has 190 valence electrons. The predicted molar refractivity (Wildman–Crippen MR) is 143 cm³/mol. The van der Waals surface area contributed by atoms with E-state index < -0.39 is 0 Å². The third kappa shape index (κ3) is 5.89. The summed E-state index contributed by atoms with van der Waals surface area (Å²) in [6.45, 7) is 7.55. The van der Waals surface area contributed by atoms with Crippen molar-refractivity contribution in [3.8, 4) is 0 Å². The molecule has 7 nitrogen and oxygen atoms in total. The highest BCUT2D eigenvalue weighted by molar-refractivity contribution is 6.33. The van der Waals surface area contributed by atoms with Crippen LogP contribution in [0, 0.1) is 5.82 Å². The minimum Gasteiger partial charge on any atom is -0.353 e. The van der Waals surface area contributed by atoms with Gasteiger partial charge in [-0.15, -0.1) is 0 Å². The van der Waals surface area contributed by atoms with Gasteiger partial charge in [0.05, 0.1) is 16.9 Å². The van der Waals surface area contributed by atoms with Gasteiger partial charge in [0.15, 0.2) is 0 Å². The van der Waals surface area contributed by atoms with Crippen LogP contribution in [0.1, 0.15) is 25.3 Å². The molecule has 0 radical (unpaired) electrons. The number of hydrogen-bond donors (Lipinski definition) is 1. The van der Waals surface area contributed by atoms with Gasteiger partial charge < -0.3 is 10.2 Å². The topological polar surface area (TPSA) is 60.4 Å². The zero-order valence-corrected chi connectivity index (χ0v) is 21.8. The Morgan fingerprint density at radius 3 is 2.50 bits per heavy atom. The van der Waals surface area contributed by atoms with Gasteiger partial charge in [0.2, 0.25) is 5.95 Å². The van der Waals surface area contributed by atoms with Crippen LogP contribution in [0.2, 0.25) is 10.0 Å². The molecule has 2 aromatic heterocycles. The molecule has 0 unspecified atom stereocenters. The van der Waals surface area contributed by atoms with Gasteiger partial charge in [-0.3, -0.25) is 9.80 Å². The Bertz CT molecular complexity index is 1170. The summed E-state index contributed by atoms with van der Waals surface area (Å²) in [5, 5.41) is 4.18. The second-order valence-electron chi connectivity index (χ2n) is 9.50. The van der Waals surface area contributed by atoms with Crippen LogP contribution >= 0.6 is 23.2 Å². The number of piperazine rings is 1. The largest absolute Gasteiger partial charge is 0.353 e. The summed E-state index contributed by atoms with van der Waals surface area (Å²) in [5.41, 5.74) is 1.47. The van der Waals surface area contributed by atoms with Gasteiger partial charge in [0.1, 0.15) is 11.6 Å². The average Bonchev–Trinajstić information content (AvgIpc) is 2.87. The standard InChI is InChI=1S/C26H30Cl2FN7/c1-18-16-35(25-23(28)14-21(15-32-25)33-26-30-7-2-8-31-26)11-12-36(18)22-5-9-34(10-6-22)17-19-3-4-20(27)13-24(19)29/h2-4,7-8,13-15,18,22H,5-6,9-12,16-17H2,1H3,(H,30,31,33)/t18-/m0/s1. The predicted octanol–water partition coefficient (Wildman–Crippen LogP) is 5.24. The van der Waals surface area contributed by atoms with Crippen molar-refractivity contribution in [3.63, 3.8) is 0 Å². The van der Waals surface area contributed by atoms with Crippen LogP contribution in [0.4, 0.5) is 21.8 Å². The number of likely N-dealkylation sites (tertiary alicyclic amines) is 1. The highest BCUT2D eigenvalue weighted by atomic mass is 35.5. The van der Waals surface area contributed by atoms with E-state index in [1.165, 1.54) is 6.07 Å². The molecule has 1 N–H and O–H groups in total. The smallest absolute Gasteiger partial charge is 0.227 e. The fourth-order valence-corrected chi connectivity index (χ4v) is 5.68. The number of hydrogen-bond acceptors (Lipinski definition) is 7. The normalized spacial score (nSPS) is 20.0. The van der Waals surface area contributed by atoms with E-state index in [-0.39, 0.29) is 5.82 Å². The first-order valence-corrected chi connectivity index (χ1v) is 13.1. The molecule has 2 aliphatic rings. The maximum Gasteiger partial charge on any atom is 0.227 e. The number of nitrogens with one attached hydrogen (secondary N) is 1. The van der Waals surface area contributed by atoms with Crippen molar-refractivity contribution in [1.82, 2.24) is 24.8 Å². The van der Waals surface area contributed by atoms with Crippen molar-refractivity contribution < 1.29 is 4.39 Å². The van der Waals surface area contributed by atoms with Crippen molar-refractivity contribution in [2.24, 2.45) is 0 Å². The summed E-state index contributed by atoms with van der Waals surface area (Å²) in [7, 11) is 0. The number of benzene rings is 1. The molecular weight excluding hydrogens is 500 g/mol. The van der Waals surface area contributed by atoms with Crippen molar-refractivity contribution in [3.05, 3.63) is 70.3 Å². The van der Waals surface area contributed by atoms with Crippen molar-refractivity contribution in [1.29, 1.82) is 0 Å². The molecule has 0 bridgehead atoms. The zero-order valence-electron chi connectivity index (χ0n) is 20.2. The van der Waals surface area contributed by atoms with Crippen molar-refractivity contribution in [2.75, 3.05) is 42.9 Å². The number of aromatic nitrogens is 3. The Morgan fingerprint density at radius 2 is 1.81 bits per heavy atom. The molecule has 0 saturated carbocycles. The minimum atomic E-state index is -0.223. The lowest BCUT2D eigenvalue weighted by atomic mass is 9.99. The fraction of sp³-hybridized carbons (Fsp3) is 0.423. The van der Waals surface area contributed by atoms with Crippen LogP contribution in [0.3, 0.4) is 0 Å². The zero-order chi connectivity index (χ0) is 25.1. The Hall–Kier alpha value is -2.52. The molecule has 4 heterocycles. The number of anilines is 3. The van der Waals surface area contributed by atoms with Crippen molar-refractivity contribution in [2.45, 2.75) is 38.4 Å². The lowest BCUT2D eigenvalue weighted by Gasteiger charge is -2.47. The number of nitrogens with zero attached hydrogens (tertiary/aromatic N) is 6. The summed E-state index contributed by atoms with van der Waals surface area (Å²) in [6, 6.07) is 9.52. The Kier molecular flexibility index (Phi) is 7.86. The fourth-order valence-electron chi connectivity index (χ4n) is 5.23. The SMILES string of the molecule is C[C@H]1CN(c2ncc(Nc3ncccn3)cc2Cl)CCN1C1CCN(Cc2ccc(Cl)cc2F)CC1. The summed E-state index contributed by atoms with van der Waals surface area (Å²) >= 11 is 12.5. The number of rotatable bonds is 6. The van der Waals surface area contributed by atoms with Crippen LogP contribution < -0.4 is 10.2 Å². The number of pyridine rings is 1. The molecule has 0 aliphatic carbocycles. The molecule has 10 heteroatoms. The van der Waals surface area contributed by atoms with E-state index in [2.05, 4.69) is 41.9 Å². The molecule has 36 heavy (non-hydrogen) atoms. The van der Waals surface area contributed by atoms with E-state index >= 15 is 0 Å². The maximum atomic E-state index is 14.2. The molecule has 5 rings (SSSR count). The van der Waals surface area contributed by atoms with Crippen LogP contribution in [0.5, 0.6) is 0 Å². The molecule has 1 atom stereocenters. The summed E-state index contributed by atoms with van der Waals surface area (Å²) < 4.78 is 14.2. The molecule has 1 aromatic carbocycles. The molecule has 2 aliphatic heterocycles. The lowest BCUT2D eigenvalue weighted by Crippen LogP contribution is -2.57. The van der Waals surface area contributed by atoms with Crippen LogP contribution in [-0.2, 0) is 6.54 Å². The number of piperidine rings is 1. The van der Waals surface area contributed by atoms with E-state index in [1.54, 1.807) is 36.8 Å². The third-order valence-electron chi connectivity index (χ3n) is 7.06. The summed E-state index contributed by atoms with van der Waals surface area (Å²) in [5.74, 6) is 1.09. The first kappa shape index (κ1) is 25.1. The Balaban J connectivity index is 1.14.